The van der Waals surface area contributed by atoms with Crippen LogP contribution in [0, 0.1) is 20.8 Å². The van der Waals surface area contributed by atoms with Crippen LogP contribution in [0.25, 0.3) is 0 Å². The van der Waals surface area contributed by atoms with Gasteiger partial charge in [-0.25, -0.2) is 18.1 Å². The summed E-state index contributed by atoms with van der Waals surface area (Å²) in [5, 5.41) is -0.114. The van der Waals surface area contributed by atoms with Gasteiger partial charge in [0.2, 0.25) is 5.78 Å². The van der Waals surface area contributed by atoms with Crippen LogP contribution in [0.1, 0.15) is 39.6 Å². The minimum absolute atomic E-state index is 0.114. The van der Waals surface area contributed by atoms with E-state index in [-0.39, 0.29) is 23.8 Å². The van der Waals surface area contributed by atoms with Crippen LogP contribution in [-0.4, -0.2) is 47.4 Å². The van der Waals surface area contributed by atoms with Crippen LogP contribution in [0.5, 0.6) is 0 Å². The number of nitrogens with one attached hydrogen (secondary N) is 1. The number of aromatic nitrogens is 3. The predicted octanol–water partition coefficient (Wildman–Crippen LogP) is 2.29. The van der Waals surface area contributed by atoms with Crippen LogP contribution in [0.2, 0.25) is 0 Å². The van der Waals surface area contributed by atoms with E-state index < -0.39 is 22.6 Å². The normalized spacial score (nSPS) is 11.5. The van der Waals surface area contributed by atoms with Crippen molar-refractivity contribution in [1.29, 1.82) is 0 Å². The van der Waals surface area contributed by atoms with E-state index in [1.807, 2.05) is 48.7 Å². The molecule has 1 N–H and O–H groups in total. The van der Waals surface area contributed by atoms with Crippen molar-refractivity contribution in [2.45, 2.75) is 38.8 Å². The Kier molecular flexibility index (Phi) is 7.50. The summed E-state index contributed by atoms with van der Waals surface area (Å²) in [7, 11) is -2.14. The van der Waals surface area contributed by atoms with Crippen LogP contribution < -0.4 is 4.72 Å². The van der Waals surface area contributed by atoms with Crippen LogP contribution in [0.3, 0.4) is 0 Å². The maximum Gasteiger partial charge on any atom is 0.307 e. The molecule has 3 rings (SSSR count). The molecule has 0 fully saturated rings. The van der Waals surface area contributed by atoms with Gasteiger partial charge in [-0.1, -0.05) is 30.3 Å². The van der Waals surface area contributed by atoms with Crippen LogP contribution >= 0.6 is 0 Å². The number of rotatable bonds is 10. The molecule has 0 aliphatic rings. The van der Waals surface area contributed by atoms with Crippen molar-refractivity contribution < 1.29 is 22.7 Å². The van der Waals surface area contributed by atoms with E-state index >= 15 is 0 Å². The zero-order valence-corrected chi connectivity index (χ0v) is 20.0. The first-order chi connectivity index (χ1) is 15.6. The first-order valence-corrected chi connectivity index (χ1v) is 12.0. The number of ketones is 1. The highest BCUT2D eigenvalue weighted by molar-refractivity contribution is 7.89. The lowest BCUT2D eigenvalue weighted by Gasteiger charge is -2.10. The predicted molar refractivity (Wildman–Crippen MR) is 122 cm³/mol. The molecule has 0 saturated carbocycles. The number of hydrogen-bond donors (Lipinski definition) is 1. The highest BCUT2D eigenvalue weighted by Gasteiger charge is 2.20. The molecule has 0 aliphatic heterocycles. The molecule has 9 nitrogen and oxygen atoms in total. The van der Waals surface area contributed by atoms with Crippen molar-refractivity contribution in [2.24, 2.45) is 7.05 Å². The van der Waals surface area contributed by atoms with Gasteiger partial charge in [-0.3, -0.25) is 9.59 Å². The van der Waals surface area contributed by atoms with Crippen molar-refractivity contribution >= 4 is 21.8 Å². The smallest absolute Gasteiger partial charge is 0.307 e. The van der Waals surface area contributed by atoms with Gasteiger partial charge in [-0.05, 0) is 32.4 Å². The van der Waals surface area contributed by atoms with Crippen LogP contribution in [0.4, 0.5) is 0 Å². The summed E-state index contributed by atoms with van der Waals surface area (Å²) in [6.45, 7) is 5.55. The van der Waals surface area contributed by atoms with E-state index in [4.69, 9.17) is 4.74 Å². The van der Waals surface area contributed by atoms with E-state index in [0.29, 0.717) is 17.9 Å². The minimum atomic E-state index is -3.82. The van der Waals surface area contributed by atoms with Gasteiger partial charge in [0.1, 0.15) is 5.82 Å². The van der Waals surface area contributed by atoms with E-state index in [1.54, 1.807) is 24.6 Å². The SMILES string of the molecule is Cc1nc(S(=O)(=O)NCCC(=O)OCC(=O)c2cc(C)n(Cc3ccccc3)c2C)cn1C. The highest BCUT2D eigenvalue weighted by atomic mass is 32.2. The number of imidazole rings is 1. The van der Waals surface area contributed by atoms with Crippen molar-refractivity contribution in [3.8, 4) is 0 Å². The van der Waals surface area contributed by atoms with Gasteiger partial charge in [-0.2, -0.15) is 0 Å². The molecule has 3 aromatic rings. The molecule has 0 atom stereocenters. The standard InChI is InChI=1S/C23H28N4O5S/c1-16-12-20(17(2)27(16)13-19-8-6-5-7-9-19)21(28)15-32-23(29)10-11-24-33(30,31)22-14-26(4)18(3)25-22/h5-9,12,14,24H,10-11,13,15H2,1-4H3. The number of aryl methyl sites for hydroxylation is 3. The fraction of sp³-hybridized carbons (Fsp3) is 0.348. The minimum Gasteiger partial charge on any atom is -0.457 e. The van der Waals surface area contributed by atoms with Gasteiger partial charge in [0, 0.05) is 43.3 Å². The lowest BCUT2D eigenvalue weighted by Crippen LogP contribution is -2.27. The molecule has 2 heterocycles. The Morgan fingerprint density at radius 2 is 1.82 bits per heavy atom. The van der Waals surface area contributed by atoms with Crippen LogP contribution in [0.15, 0.2) is 47.6 Å². The average Bonchev–Trinajstić information content (AvgIpc) is 3.26. The Morgan fingerprint density at radius 1 is 1.12 bits per heavy atom. The van der Waals surface area contributed by atoms with Gasteiger partial charge in [-0.15, -0.1) is 0 Å². The molecule has 176 valence electrons. The first-order valence-electron chi connectivity index (χ1n) is 10.5. The summed E-state index contributed by atoms with van der Waals surface area (Å²) in [5.74, 6) is -0.418. The van der Waals surface area contributed by atoms with E-state index in [1.165, 1.54) is 6.20 Å². The van der Waals surface area contributed by atoms with Crippen molar-refractivity contribution in [1.82, 2.24) is 18.8 Å². The molecule has 0 spiro atoms. The molecule has 0 bridgehead atoms. The zero-order chi connectivity index (χ0) is 24.2. The van der Waals surface area contributed by atoms with E-state index in [0.717, 1.165) is 17.0 Å². The van der Waals surface area contributed by atoms with Gasteiger partial charge in [0.05, 0.1) is 6.42 Å². The second-order valence-electron chi connectivity index (χ2n) is 7.83. The maximum absolute atomic E-state index is 12.6. The topological polar surface area (TPSA) is 112 Å². The average molecular weight is 473 g/mol. The molecule has 0 saturated heterocycles. The number of hydrogen-bond acceptors (Lipinski definition) is 6. The third kappa shape index (κ3) is 5.96. The molecule has 0 aliphatic carbocycles. The third-order valence-electron chi connectivity index (χ3n) is 5.40. The molecule has 0 radical (unpaired) electrons. The number of esters is 1. The molecule has 33 heavy (non-hydrogen) atoms. The molecular formula is C23H28N4O5S. The lowest BCUT2D eigenvalue weighted by atomic mass is 10.1. The second kappa shape index (κ2) is 10.1. The fourth-order valence-corrected chi connectivity index (χ4v) is 4.47. The van der Waals surface area contributed by atoms with E-state index in [2.05, 4.69) is 9.71 Å². The Labute approximate surface area is 193 Å². The van der Waals surface area contributed by atoms with Crippen LogP contribution in [-0.2, 0) is 33.1 Å². The van der Waals surface area contributed by atoms with Gasteiger partial charge in [0.15, 0.2) is 11.6 Å². The van der Waals surface area contributed by atoms with E-state index in [9.17, 15) is 18.0 Å². The molecule has 10 heteroatoms. The molecule has 0 amide bonds. The summed E-state index contributed by atoms with van der Waals surface area (Å²) < 4.78 is 35.5. The van der Waals surface area contributed by atoms with Gasteiger partial charge >= 0.3 is 5.97 Å². The van der Waals surface area contributed by atoms with Crippen molar-refractivity contribution in [3.05, 3.63) is 70.9 Å². The number of ether oxygens (including phenoxy) is 1. The number of Topliss-reactive ketones (excluding diaryl/α,β-unsaturated/α-hetero) is 1. The van der Waals surface area contributed by atoms with Crippen molar-refractivity contribution in [2.75, 3.05) is 13.2 Å². The summed E-state index contributed by atoms with van der Waals surface area (Å²) in [4.78, 5) is 28.6. The Morgan fingerprint density at radius 3 is 2.45 bits per heavy atom. The second-order valence-corrected chi connectivity index (χ2v) is 9.54. The fourth-order valence-electron chi connectivity index (χ4n) is 3.41. The number of nitrogens with zero attached hydrogens (tertiary/aromatic N) is 3. The largest absolute Gasteiger partial charge is 0.457 e. The maximum atomic E-state index is 12.6. The molecule has 1 aromatic carbocycles. The Hall–Kier alpha value is -3.24. The number of sulfonamides is 1. The molecule has 2 aromatic heterocycles. The Balaban J connectivity index is 1.51. The molecule has 0 unspecified atom stereocenters. The zero-order valence-electron chi connectivity index (χ0n) is 19.2. The summed E-state index contributed by atoms with van der Waals surface area (Å²) in [5.41, 5.74) is 3.36. The van der Waals surface area contributed by atoms with Crippen molar-refractivity contribution in [3.63, 3.8) is 0 Å². The highest BCUT2D eigenvalue weighted by Crippen LogP contribution is 2.18. The Bertz CT molecular complexity index is 1240. The van der Waals surface area contributed by atoms with Gasteiger partial charge < -0.3 is 13.9 Å². The lowest BCUT2D eigenvalue weighted by molar-refractivity contribution is -0.142. The first kappa shape index (κ1) is 24.4. The number of carbonyl (C=O) groups is 2. The number of benzene rings is 1. The molecular weight excluding hydrogens is 444 g/mol. The number of carbonyl (C=O) groups excluding carboxylic acids is 2. The third-order valence-corrected chi connectivity index (χ3v) is 6.74. The quantitative estimate of drug-likeness (QED) is 0.358. The summed E-state index contributed by atoms with van der Waals surface area (Å²) in [6.07, 6.45) is 1.19. The van der Waals surface area contributed by atoms with Gasteiger partial charge in [0.25, 0.3) is 10.0 Å². The monoisotopic (exact) mass is 472 g/mol. The summed E-state index contributed by atoms with van der Waals surface area (Å²) in [6, 6.07) is 11.7. The summed E-state index contributed by atoms with van der Waals surface area (Å²) >= 11 is 0.